The summed E-state index contributed by atoms with van der Waals surface area (Å²) in [6, 6.07) is 5.35. The number of amides is 2. The lowest BCUT2D eigenvalue weighted by molar-refractivity contribution is -0.384. The monoisotopic (exact) mass is 354 g/mol. The highest BCUT2D eigenvalue weighted by molar-refractivity contribution is 7.78. The van der Waals surface area contributed by atoms with E-state index in [9.17, 15) is 14.9 Å². The van der Waals surface area contributed by atoms with Crippen LogP contribution in [0.5, 0.6) is 0 Å². The molecule has 0 fully saturated rings. The van der Waals surface area contributed by atoms with Crippen LogP contribution in [0.1, 0.15) is 33.6 Å². The number of nitrogens with one attached hydrogen (secondary N) is 1. The summed E-state index contributed by atoms with van der Waals surface area (Å²) in [5.41, 5.74) is 0.487. The highest BCUT2D eigenvalue weighted by atomic mass is 32.1. The number of hydrogen-bond donors (Lipinski definition) is 2. The van der Waals surface area contributed by atoms with Gasteiger partial charge >= 0.3 is 6.03 Å². The third-order valence-electron chi connectivity index (χ3n) is 3.95. The summed E-state index contributed by atoms with van der Waals surface area (Å²) < 4.78 is 1.36. The fourth-order valence-electron chi connectivity index (χ4n) is 2.32. The van der Waals surface area contributed by atoms with Crippen molar-refractivity contribution in [1.29, 1.82) is 0 Å². The van der Waals surface area contributed by atoms with Crippen molar-refractivity contribution in [2.75, 3.05) is 25.0 Å². The quantitative estimate of drug-likeness (QED) is 0.402. The molecule has 1 aromatic carbocycles. The number of rotatable bonds is 9. The lowest BCUT2D eigenvalue weighted by Crippen LogP contribution is -2.35. The average Bonchev–Trinajstić information content (AvgIpc) is 2.58. The van der Waals surface area contributed by atoms with Gasteiger partial charge in [-0.05, 0) is 51.5 Å². The van der Waals surface area contributed by atoms with Crippen LogP contribution in [0, 0.1) is 10.1 Å². The molecule has 0 aliphatic heterocycles. The highest BCUT2D eigenvalue weighted by Gasteiger charge is 2.17. The second-order valence-electron chi connectivity index (χ2n) is 5.60. The Bertz CT molecular complexity index is 535. The fourth-order valence-corrected chi connectivity index (χ4v) is 2.49. The zero-order valence-corrected chi connectivity index (χ0v) is 15.3. The average molecular weight is 354 g/mol. The number of urea groups is 1. The minimum Gasteiger partial charge on any atom is -0.307 e. The molecule has 8 heteroatoms. The molecule has 0 bridgehead atoms. The first-order valence-electron chi connectivity index (χ1n) is 8.14. The van der Waals surface area contributed by atoms with Crippen LogP contribution in [0.15, 0.2) is 24.3 Å². The Balaban J connectivity index is 2.46. The van der Waals surface area contributed by atoms with Gasteiger partial charge in [0.1, 0.15) is 0 Å². The SMILES string of the molecule is CCN(CC)CCCC(C)N(S)C(=O)Nc1ccc([N+](=O)[O-])cc1. The van der Waals surface area contributed by atoms with E-state index < -0.39 is 4.92 Å². The summed E-state index contributed by atoms with van der Waals surface area (Å²) in [6.07, 6.45) is 1.85. The van der Waals surface area contributed by atoms with Gasteiger partial charge in [0.2, 0.25) is 0 Å². The lowest BCUT2D eigenvalue weighted by Gasteiger charge is -2.25. The van der Waals surface area contributed by atoms with Gasteiger partial charge in [0.05, 0.1) is 4.92 Å². The number of hydrogen-bond acceptors (Lipinski definition) is 5. The van der Waals surface area contributed by atoms with Crippen LogP contribution >= 0.6 is 12.8 Å². The molecular weight excluding hydrogens is 328 g/mol. The lowest BCUT2D eigenvalue weighted by atomic mass is 10.2. The molecule has 24 heavy (non-hydrogen) atoms. The molecule has 1 atom stereocenters. The molecule has 0 spiro atoms. The van der Waals surface area contributed by atoms with Crippen molar-refractivity contribution in [2.24, 2.45) is 0 Å². The molecule has 7 nitrogen and oxygen atoms in total. The van der Waals surface area contributed by atoms with E-state index in [4.69, 9.17) is 0 Å². The molecule has 1 aromatic rings. The molecular formula is C16H26N4O3S. The summed E-state index contributed by atoms with van der Waals surface area (Å²) in [5.74, 6) is 0. The van der Waals surface area contributed by atoms with Crippen molar-refractivity contribution in [1.82, 2.24) is 9.21 Å². The standard InChI is InChI=1S/C16H26N4O3S/c1-4-18(5-2)12-6-7-13(3)19(24)16(21)17-14-8-10-15(11-9-14)20(22)23/h8-11,13,24H,4-7,12H2,1-3H3,(H,17,21). The Labute approximate surface area is 148 Å². The number of carbonyl (C=O) groups is 1. The van der Waals surface area contributed by atoms with Crippen molar-refractivity contribution in [2.45, 2.75) is 39.7 Å². The van der Waals surface area contributed by atoms with Gasteiger partial charge < -0.3 is 10.2 Å². The van der Waals surface area contributed by atoms with Gasteiger partial charge in [-0.25, -0.2) is 4.79 Å². The molecule has 1 rings (SSSR count). The maximum atomic E-state index is 12.2. The van der Waals surface area contributed by atoms with E-state index in [0.717, 1.165) is 32.5 Å². The second-order valence-corrected chi connectivity index (χ2v) is 6.03. The van der Waals surface area contributed by atoms with Crippen molar-refractivity contribution >= 4 is 30.2 Å². The molecule has 0 aromatic heterocycles. The minimum atomic E-state index is -0.478. The number of thiol groups is 1. The van der Waals surface area contributed by atoms with E-state index in [1.807, 2.05) is 6.92 Å². The number of nitro benzene ring substituents is 1. The first kappa shape index (κ1) is 20.2. The van der Waals surface area contributed by atoms with Crippen LogP contribution in [0.25, 0.3) is 0 Å². The van der Waals surface area contributed by atoms with E-state index in [1.54, 1.807) is 0 Å². The molecule has 2 amide bonds. The first-order valence-corrected chi connectivity index (χ1v) is 8.54. The number of nitrogens with zero attached hydrogens (tertiary/aromatic N) is 3. The van der Waals surface area contributed by atoms with Gasteiger partial charge in [0.25, 0.3) is 5.69 Å². The number of non-ortho nitro benzene ring substituents is 1. The predicted molar refractivity (Wildman–Crippen MR) is 99.4 cm³/mol. The Morgan fingerprint density at radius 2 is 1.88 bits per heavy atom. The predicted octanol–water partition coefficient (Wildman–Crippen LogP) is 3.78. The zero-order chi connectivity index (χ0) is 18.1. The molecule has 0 aliphatic rings. The number of benzene rings is 1. The maximum absolute atomic E-state index is 12.2. The maximum Gasteiger partial charge on any atom is 0.331 e. The fraction of sp³-hybridized carbons (Fsp3) is 0.562. The van der Waals surface area contributed by atoms with Crippen LogP contribution in [-0.4, -0.2) is 45.8 Å². The van der Waals surface area contributed by atoms with Gasteiger partial charge in [-0.1, -0.05) is 26.7 Å². The largest absolute Gasteiger partial charge is 0.331 e. The van der Waals surface area contributed by atoms with Gasteiger partial charge in [-0.2, -0.15) is 0 Å². The first-order chi connectivity index (χ1) is 11.4. The third-order valence-corrected chi connectivity index (χ3v) is 4.52. The van der Waals surface area contributed by atoms with E-state index in [2.05, 4.69) is 36.9 Å². The summed E-state index contributed by atoms with van der Waals surface area (Å²) >= 11 is 4.27. The molecule has 0 saturated heterocycles. The Morgan fingerprint density at radius 3 is 2.38 bits per heavy atom. The van der Waals surface area contributed by atoms with Crippen LogP contribution in [0.4, 0.5) is 16.2 Å². The third kappa shape index (κ3) is 6.37. The number of anilines is 1. The smallest absolute Gasteiger partial charge is 0.307 e. The Morgan fingerprint density at radius 1 is 1.29 bits per heavy atom. The Hall–Kier alpha value is -1.80. The number of nitro groups is 1. The van der Waals surface area contributed by atoms with Gasteiger partial charge in [-0.15, -0.1) is 0 Å². The molecule has 1 N–H and O–H groups in total. The van der Waals surface area contributed by atoms with Crippen LogP contribution in [0.3, 0.4) is 0 Å². The van der Waals surface area contributed by atoms with Gasteiger partial charge in [0, 0.05) is 23.9 Å². The van der Waals surface area contributed by atoms with Crippen molar-refractivity contribution < 1.29 is 9.72 Å². The van der Waals surface area contributed by atoms with Gasteiger partial charge in [-0.3, -0.25) is 14.4 Å². The molecule has 0 aliphatic carbocycles. The summed E-state index contributed by atoms with van der Waals surface area (Å²) in [7, 11) is 0. The van der Waals surface area contributed by atoms with Crippen LogP contribution in [0.2, 0.25) is 0 Å². The zero-order valence-electron chi connectivity index (χ0n) is 14.4. The normalized spacial score (nSPS) is 12.0. The molecule has 0 radical (unpaired) electrons. The van der Waals surface area contributed by atoms with E-state index in [-0.39, 0.29) is 17.8 Å². The number of carbonyl (C=O) groups excluding carboxylic acids is 1. The topological polar surface area (TPSA) is 78.7 Å². The highest BCUT2D eigenvalue weighted by Crippen LogP contribution is 2.17. The van der Waals surface area contributed by atoms with Crippen molar-refractivity contribution in [3.63, 3.8) is 0 Å². The second kappa shape index (κ2) is 10.1. The summed E-state index contributed by atoms with van der Waals surface area (Å²) in [6.45, 7) is 9.27. The molecule has 134 valence electrons. The van der Waals surface area contributed by atoms with Crippen molar-refractivity contribution in [3.05, 3.63) is 34.4 Å². The van der Waals surface area contributed by atoms with E-state index in [0.29, 0.717) is 5.69 Å². The molecule has 0 saturated carbocycles. The Kier molecular flexibility index (Phi) is 8.56. The molecule has 1 unspecified atom stereocenters. The van der Waals surface area contributed by atoms with Crippen LogP contribution < -0.4 is 5.32 Å². The van der Waals surface area contributed by atoms with E-state index in [1.165, 1.54) is 28.6 Å². The van der Waals surface area contributed by atoms with E-state index >= 15 is 0 Å². The van der Waals surface area contributed by atoms with Gasteiger partial charge in [0.15, 0.2) is 0 Å². The molecule has 0 heterocycles. The summed E-state index contributed by atoms with van der Waals surface area (Å²) in [5, 5.41) is 13.3. The summed E-state index contributed by atoms with van der Waals surface area (Å²) in [4.78, 5) is 24.7. The van der Waals surface area contributed by atoms with Crippen LogP contribution in [-0.2, 0) is 0 Å². The van der Waals surface area contributed by atoms with Crippen molar-refractivity contribution in [3.8, 4) is 0 Å². The minimum absolute atomic E-state index is 0.0121.